The molecule has 10 heteroatoms. The lowest BCUT2D eigenvalue weighted by atomic mass is 10.0. The fourth-order valence-corrected chi connectivity index (χ4v) is 3.56. The molecule has 0 aliphatic carbocycles. The standard InChI is InChI=1S/C24H27N5O3.C5H9NO/c1-15-7-9-16(10-8-15)19-18(13-17(26-5)23(31)32-24(2,3)4)29(11-6-12-30)22-20(19)21(25)27-14-28-22;1-5(2,3)7-4-6/h7-10,13-14,30H,6,11-12H2,1-4H3,(H2,25,27,28);1-3H3/b17-13-;. The molecule has 1 aromatic carbocycles. The Kier molecular flexibility index (Phi) is 10.2. The molecule has 10 nitrogen and oxygen atoms in total. The number of benzene rings is 1. The number of nitrogens with two attached hydrogens (primary N) is 1. The van der Waals surface area contributed by atoms with E-state index in [0.717, 1.165) is 16.7 Å². The largest absolute Gasteiger partial charge is 0.465 e. The number of nitrogens with zero attached hydrogens (tertiary/aromatic N) is 5. The Hall–Kier alpha value is -4.41. The van der Waals surface area contributed by atoms with E-state index in [1.807, 2.05) is 56.5 Å². The fourth-order valence-electron chi connectivity index (χ4n) is 3.56. The van der Waals surface area contributed by atoms with Gasteiger partial charge in [0.25, 0.3) is 12.0 Å². The maximum Gasteiger partial charge on any atom is 0.336 e. The summed E-state index contributed by atoms with van der Waals surface area (Å²) >= 11 is 0. The number of anilines is 1. The number of carbonyl (C=O) groups excluding carboxylic acids is 1. The van der Waals surface area contributed by atoms with Gasteiger partial charge in [0, 0.05) is 24.4 Å². The first-order valence-corrected chi connectivity index (χ1v) is 12.4. The van der Waals surface area contributed by atoms with E-state index < -0.39 is 11.6 Å². The molecule has 206 valence electrons. The summed E-state index contributed by atoms with van der Waals surface area (Å²) in [6.07, 6.45) is 4.95. The number of hydrogen-bond donors (Lipinski definition) is 2. The molecule has 2 heterocycles. The molecule has 39 heavy (non-hydrogen) atoms. The third kappa shape index (κ3) is 8.56. The van der Waals surface area contributed by atoms with Crippen LogP contribution in [0.15, 0.2) is 36.3 Å². The van der Waals surface area contributed by atoms with Crippen molar-refractivity contribution < 1.29 is 19.4 Å². The normalized spacial score (nSPS) is 11.7. The summed E-state index contributed by atoms with van der Waals surface area (Å²) in [6.45, 7) is 20.7. The highest BCUT2D eigenvalue weighted by atomic mass is 16.6. The first kappa shape index (κ1) is 30.8. The monoisotopic (exact) mass is 532 g/mol. The number of aliphatic hydroxyl groups is 1. The maximum absolute atomic E-state index is 12.7. The summed E-state index contributed by atoms with van der Waals surface area (Å²) in [5.41, 5.74) is 8.87. The van der Waals surface area contributed by atoms with Gasteiger partial charge in [-0.15, -0.1) is 0 Å². The summed E-state index contributed by atoms with van der Waals surface area (Å²) in [4.78, 5) is 24.7. The highest BCUT2D eigenvalue weighted by molar-refractivity contribution is 6.06. The molecule has 0 unspecified atom stereocenters. The molecule has 0 bridgehead atoms. The van der Waals surface area contributed by atoms with Crippen LogP contribution in [-0.2, 0) is 20.8 Å². The minimum Gasteiger partial charge on any atom is -0.465 e. The number of nitrogen functional groups attached to an aromatic ring is 1. The third-order valence-electron chi connectivity index (χ3n) is 5.14. The van der Waals surface area contributed by atoms with E-state index in [4.69, 9.17) is 22.3 Å². The van der Waals surface area contributed by atoms with Gasteiger partial charge in [0.2, 0.25) is 0 Å². The first-order valence-electron chi connectivity index (χ1n) is 12.4. The van der Waals surface area contributed by atoms with Gasteiger partial charge >= 0.3 is 5.97 Å². The number of esters is 1. The second-order valence-corrected chi connectivity index (χ2v) is 10.8. The average molecular weight is 533 g/mol. The van der Waals surface area contributed by atoms with Gasteiger partial charge in [-0.05, 0) is 66.5 Å². The third-order valence-corrected chi connectivity index (χ3v) is 5.14. The second kappa shape index (κ2) is 12.9. The van der Waals surface area contributed by atoms with Crippen LogP contribution in [0, 0.1) is 25.0 Å². The van der Waals surface area contributed by atoms with Crippen molar-refractivity contribution in [3.05, 3.63) is 59.0 Å². The molecule has 0 saturated carbocycles. The van der Waals surface area contributed by atoms with Crippen LogP contribution in [-0.4, -0.2) is 43.4 Å². The number of rotatable bonds is 6. The van der Waals surface area contributed by atoms with E-state index in [0.29, 0.717) is 35.5 Å². The van der Waals surface area contributed by atoms with Crippen LogP contribution >= 0.6 is 0 Å². The highest BCUT2D eigenvalue weighted by Crippen LogP contribution is 2.38. The SMILES string of the molecule is CC(C)(C)OC#N.[C-]#[N+]/C(=C\c1c(-c2ccc(C)cc2)c2c(N)ncnc2n1CCCO)C(=O)OC(C)(C)C. The number of nitriles is 1. The van der Waals surface area contributed by atoms with Gasteiger partial charge in [0.15, 0.2) is 0 Å². The van der Waals surface area contributed by atoms with Crippen molar-refractivity contribution in [1.82, 2.24) is 14.5 Å². The van der Waals surface area contributed by atoms with Crippen molar-refractivity contribution in [1.29, 1.82) is 5.26 Å². The van der Waals surface area contributed by atoms with Crippen molar-refractivity contribution in [2.75, 3.05) is 12.3 Å². The number of ether oxygens (including phenoxy) is 2. The van der Waals surface area contributed by atoms with Gasteiger partial charge in [-0.2, -0.15) is 5.26 Å². The Morgan fingerprint density at radius 3 is 2.31 bits per heavy atom. The van der Waals surface area contributed by atoms with E-state index in [9.17, 15) is 9.90 Å². The quantitative estimate of drug-likeness (QED) is 0.190. The molecule has 2 aromatic heterocycles. The second-order valence-electron chi connectivity index (χ2n) is 10.8. The Labute approximate surface area is 229 Å². The molecule has 0 atom stereocenters. The van der Waals surface area contributed by atoms with Gasteiger partial charge in [-0.1, -0.05) is 29.8 Å². The number of carbonyl (C=O) groups is 1. The molecule has 0 aliphatic heterocycles. The summed E-state index contributed by atoms with van der Waals surface area (Å²) in [7, 11) is 0. The summed E-state index contributed by atoms with van der Waals surface area (Å²) < 4.78 is 11.8. The van der Waals surface area contributed by atoms with Crippen LogP contribution in [0.1, 0.15) is 59.2 Å². The summed E-state index contributed by atoms with van der Waals surface area (Å²) in [6, 6.07) is 7.86. The van der Waals surface area contributed by atoms with Crippen LogP contribution in [0.4, 0.5) is 5.82 Å². The van der Waals surface area contributed by atoms with Crippen LogP contribution in [0.3, 0.4) is 0 Å². The Balaban J connectivity index is 0.000000673. The lowest BCUT2D eigenvalue weighted by Gasteiger charge is -2.19. The number of hydrogen-bond acceptors (Lipinski definition) is 8. The smallest absolute Gasteiger partial charge is 0.336 e. The molecule has 0 aliphatic rings. The molecule has 3 N–H and O–H groups in total. The van der Waals surface area contributed by atoms with Crippen LogP contribution in [0.5, 0.6) is 0 Å². The Bertz CT molecular complexity index is 1410. The molecule has 3 rings (SSSR count). The fraction of sp³-hybridized carbons (Fsp3) is 0.414. The zero-order valence-corrected chi connectivity index (χ0v) is 23.6. The molecule has 3 aromatic rings. The molecule has 0 saturated heterocycles. The van der Waals surface area contributed by atoms with Gasteiger partial charge in [0.1, 0.15) is 29.0 Å². The Morgan fingerprint density at radius 1 is 1.18 bits per heavy atom. The molecule has 0 fully saturated rings. The minimum absolute atomic E-state index is 0.0228. The number of aryl methyl sites for hydroxylation is 2. The molecule has 0 radical (unpaired) electrons. The van der Waals surface area contributed by atoms with Gasteiger partial charge in [-0.25, -0.2) is 14.8 Å². The van der Waals surface area contributed by atoms with E-state index in [1.165, 1.54) is 12.4 Å². The van der Waals surface area contributed by atoms with Crippen LogP contribution < -0.4 is 5.73 Å². The highest BCUT2D eigenvalue weighted by Gasteiger charge is 2.25. The predicted molar refractivity (Wildman–Crippen MR) is 151 cm³/mol. The molecule has 0 spiro atoms. The van der Waals surface area contributed by atoms with Gasteiger partial charge in [-0.3, -0.25) is 4.79 Å². The predicted octanol–water partition coefficient (Wildman–Crippen LogP) is 5.26. The average Bonchev–Trinajstić information content (AvgIpc) is 3.14. The van der Waals surface area contributed by atoms with Gasteiger partial charge < -0.3 is 24.9 Å². The Morgan fingerprint density at radius 2 is 1.82 bits per heavy atom. The molecular formula is C29H36N6O4. The maximum atomic E-state index is 12.7. The zero-order valence-electron chi connectivity index (χ0n) is 23.6. The van der Waals surface area contributed by atoms with Crippen molar-refractivity contribution >= 4 is 28.9 Å². The van der Waals surface area contributed by atoms with E-state index in [-0.39, 0.29) is 17.9 Å². The lowest BCUT2D eigenvalue weighted by Crippen LogP contribution is -2.24. The summed E-state index contributed by atoms with van der Waals surface area (Å²) in [5, 5.41) is 18.0. The summed E-state index contributed by atoms with van der Waals surface area (Å²) in [5.74, 6) is -0.412. The van der Waals surface area contributed by atoms with Crippen molar-refractivity contribution in [3.8, 4) is 17.4 Å². The molecular weight excluding hydrogens is 496 g/mol. The topological polar surface area (TPSA) is 141 Å². The van der Waals surface area contributed by atoms with Gasteiger partial charge in [0.05, 0.1) is 12.0 Å². The van der Waals surface area contributed by atoms with Crippen molar-refractivity contribution in [2.24, 2.45) is 0 Å². The number of aliphatic hydroxyl groups excluding tert-OH is 1. The lowest BCUT2D eigenvalue weighted by molar-refractivity contribution is -0.149. The van der Waals surface area contributed by atoms with E-state index in [1.54, 1.807) is 27.0 Å². The van der Waals surface area contributed by atoms with Crippen molar-refractivity contribution in [2.45, 2.75) is 72.6 Å². The van der Waals surface area contributed by atoms with E-state index in [2.05, 4.69) is 19.5 Å². The van der Waals surface area contributed by atoms with E-state index >= 15 is 0 Å². The zero-order chi connectivity index (χ0) is 29.4. The van der Waals surface area contributed by atoms with Crippen LogP contribution in [0.25, 0.3) is 33.1 Å². The first-order chi connectivity index (χ1) is 18.2. The van der Waals surface area contributed by atoms with Crippen LogP contribution in [0.2, 0.25) is 0 Å². The minimum atomic E-state index is -0.736. The molecule has 0 amide bonds. The van der Waals surface area contributed by atoms with Crippen molar-refractivity contribution in [3.63, 3.8) is 0 Å². The number of fused-ring (bicyclic) bond motifs is 1. The number of aromatic nitrogens is 3.